The van der Waals surface area contributed by atoms with E-state index in [0.717, 1.165) is 25.7 Å². The summed E-state index contributed by atoms with van der Waals surface area (Å²) in [6.07, 6.45) is 3.95. The molecule has 0 aromatic heterocycles. The number of carbonyl (C=O) groups is 1. The van der Waals surface area contributed by atoms with Gasteiger partial charge in [-0.05, 0) is 37.5 Å². The third kappa shape index (κ3) is 1.80. The number of hydrogen-bond acceptors (Lipinski definition) is 4. The fourth-order valence-corrected chi connectivity index (χ4v) is 3.62. The number of rotatable bonds is 2. The minimum atomic E-state index is -0.860. The van der Waals surface area contributed by atoms with E-state index in [4.69, 9.17) is 9.47 Å². The molecular weight excluding hydrogens is 244 g/mol. The smallest absolute Gasteiger partial charge is 0.291 e. The highest BCUT2D eigenvalue weighted by Gasteiger charge is 2.96. The Balaban J connectivity index is 1.74. The summed E-state index contributed by atoms with van der Waals surface area (Å²) >= 11 is 0. The first-order valence-electron chi connectivity index (χ1n) is 7.52. The molecule has 2 aliphatic heterocycles. The Morgan fingerprint density at radius 3 is 2.53 bits per heavy atom. The lowest BCUT2D eigenvalue weighted by molar-refractivity contribution is -0.154. The van der Waals surface area contributed by atoms with Crippen LogP contribution in [0.3, 0.4) is 0 Å². The van der Waals surface area contributed by atoms with Gasteiger partial charge in [0.1, 0.15) is 0 Å². The molecule has 1 aliphatic carbocycles. The summed E-state index contributed by atoms with van der Waals surface area (Å²) in [5, 5.41) is 9.36. The molecule has 4 heteroatoms. The van der Waals surface area contributed by atoms with Crippen molar-refractivity contribution in [3.05, 3.63) is 0 Å². The van der Waals surface area contributed by atoms with E-state index in [1.807, 2.05) is 6.92 Å². The van der Waals surface area contributed by atoms with Gasteiger partial charge < -0.3 is 14.6 Å². The fraction of sp³-hybridized carbons (Fsp3) is 0.933. The highest BCUT2D eigenvalue weighted by molar-refractivity contribution is 5.94. The second kappa shape index (κ2) is 4.27. The number of ether oxygens (including phenoxy) is 2. The number of carbonyl (C=O) groups excluding carboxylic acids is 1. The molecule has 3 fully saturated rings. The van der Waals surface area contributed by atoms with Crippen LogP contribution in [0.5, 0.6) is 0 Å². The quantitative estimate of drug-likeness (QED) is 0.779. The number of aliphatic hydroxyl groups excluding tert-OH is 1. The molecule has 0 aromatic rings. The van der Waals surface area contributed by atoms with Gasteiger partial charge >= 0.3 is 0 Å². The molecule has 108 valence electrons. The molecule has 4 nitrogen and oxygen atoms in total. The second-order valence-electron chi connectivity index (χ2n) is 6.73. The lowest BCUT2D eigenvalue weighted by Crippen LogP contribution is -2.26. The topological polar surface area (TPSA) is 62.4 Å². The molecule has 0 aromatic carbocycles. The van der Waals surface area contributed by atoms with Crippen molar-refractivity contribution in [2.45, 2.75) is 58.0 Å². The predicted octanol–water partition coefficient (Wildman–Crippen LogP) is 2.10. The molecule has 1 N–H and O–H groups in total. The monoisotopic (exact) mass is 268 g/mol. The van der Waals surface area contributed by atoms with Gasteiger partial charge in [-0.1, -0.05) is 20.8 Å². The lowest BCUT2D eigenvalue weighted by atomic mass is 9.79. The van der Waals surface area contributed by atoms with Crippen molar-refractivity contribution in [2.75, 3.05) is 6.61 Å². The molecule has 1 saturated carbocycles. The average Bonchev–Trinajstić information content (AvgIpc) is 3.22. The van der Waals surface area contributed by atoms with Gasteiger partial charge in [0.25, 0.3) is 5.79 Å². The molecule has 19 heavy (non-hydrogen) atoms. The summed E-state index contributed by atoms with van der Waals surface area (Å²) in [7, 11) is 0. The number of aliphatic hydroxyl groups is 1. The minimum Gasteiger partial charge on any atom is -0.396 e. The highest BCUT2D eigenvalue weighted by Crippen LogP contribution is 2.73. The lowest BCUT2D eigenvalue weighted by Gasteiger charge is -2.25. The predicted molar refractivity (Wildman–Crippen MR) is 69.2 cm³/mol. The molecule has 1 unspecified atom stereocenters. The van der Waals surface area contributed by atoms with E-state index in [-0.39, 0.29) is 24.2 Å². The molecule has 0 bridgehead atoms. The molecule has 3 rings (SSSR count). The van der Waals surface area contributed by atoms with Gasteiger partial charge in [-0.15, -0.1) is 0 Å². The number of ketones is 1. The van der Waals surface area contributed by atoms with Crippen LogP contribution in [0, 0.1) is 23.7 Å². The SMILES string of the molecule is CC(CO)[C@@H]1CC[C@@H](C)C(=O)C23OC2(O3)[C@@H](C)CC1. The Hall–Kier alpha value is -0.450. The van der Waals surface area contributed by atoms with E-state index in [9.17, 15) is 9.90 Å². The average molecular weight is 268 g/mol. The summed E-state index contributed by atoms with van der Waals surface area (Å²) in [6.45, 7) is 6.40. The maximum atomic E-state index is 12.4. The molecule has 3 aliphatic rings. The van der Waals surface area contributed by atoms with Crippen LogP contribution in [-0.2, 0) is 14.3 Å². The molecule has 0 amide bonds. The van der Waals surface area contributed by atoms with E-state index in [1.165, 1.54) is 0 Å². The van der Waals surface area contributed by atoms with Crippen molar-refractivity contribution >= 4 is 5.78 Å². The largest absolute Gasteiger partial charge is 0.396 e. The third-order valence-electron chi connectivity index (χ3n) is 5.42. The first-order valence-corrected chi connectivity index (χ1v) is 7.52. The maximum absolute atomic E-state index is 12.4. The van der Waals surface area contributed by atoms with Crippen LogP contribution in [0.1, 0.15) is 46.5 Å². The molecule has 2 saturated heterocycles. The Morgan fingerprint density at radius 1 is 1.26 bits per heavy atom. The van der Waals surface area contributed by atoms with Gasteiger partial charge in [0.2, 0.25) is 11.6 Å². The molecule has 4 atom stereocenters. The van der Waals surface area contributed by atoms with Gasteiger partial charge in [0.15, 0.2) is 0 Å². The van der Waals surface area contributed by atoms with Crippen LogP contribution in [0.25, 0.3) is 0 Å². The van der Waals surface area contributed by atoms with Crippen molar-refractivity contribution in [2.24, 2.45) is 23.7 Å². The third-order valence-corrected chi connectivity index (χ3v) is 5.42. The summed E-state index contributed by atoms with van der Waals surface area (Å²) in [5.74, 6) is -0.278. The van der Waals surface area contributed by atoms with E-state index in [2.05, 4.69) is 13.8 Å². The molecule has 2 heterocycles. The maximum Gasteiger partial charge on any atom is 0.291 e. The summed E-state index contributed by atoms with van der Waals surface area (Å²) < 4.78 is 11.2. The first kappa shape index (κ1) is 13.5. The van der Waals surface area contributed by atoms with Crippen molar-refractivity contribution in [1.82, 2.24) is 0 Å². The normalized spacial score (nSPS) is 50.9. The molecular formula is C15H24O4. The summed E-state index contributed by atoms with van der Waals surface area (Å²) in [6, 6.07) is 0. The van der Waals surface area contributed by atoms with Crippen LogP contribution in [0.15, 0.2) is 0 Å². The first-order chi connectivity index (χ1) is 8.97. The Bertz CT molecular complexity index is 386. The molecule has 0 radical (unpaired) electrons. The zero-order valence-electron chi connectivity index (χ0n) is 12.0. The number of Topliss-reactive ketones (excluding diaryl/α,β-unsaturated/α-hetero) is 1. The van der Waals surface area contributed by atoms with Gasteiger partial charge in [-0.2, -0.15) is 0 Å². The minimum absolute atomic E-state index is 0.0110. The number of hydrogen-bond donors (Lipinski definition) is 1. The van der Waals surface area contributed by atoms with Crippen LogP contribution in [0.2, 0.25) is 0 Å². The Labute approximate surface area is 114 Å². The van der Waals surface area contributed by atoms with Crippen molar-refractivity contribution in [1.29, 1.82) is 0 Å². The van der Waals surface area contributed by atoms with Crippen LogP contribution in [0.4, 0.5) is 0 Å². The zero-order valence-corrected chi connectivity index (χ0v) is 12.0. The second-order valence-corrected chi connectivity index (χ2v) is 6.73. The standard InChI is InChI=1S/C15H24O4/c1-9-4-6-12(10(2)8-16)7-5-11(3)14-15(18-14,19-14)13(9)17/h9-12,16H,4-8H2,1-3H3/t9-,10?,11+,12-,14?,15?/m1/s1. The summed E-state index contributed by atoms with van der Waals surface area (Å²) in [4.78, 5) is 12.4. The van der Waals surface area contributed by atoms with Gasteiger partial charge in [0, 0.05) is 18.4 Å². The van der Waals surface area contributed by atoms with Gasteiger partial charge in [-0.25, -0.2) is 0 Å². The van der Waals surface area contributed by atoms with Crippen LogP contribution >= 0.6 is 0 Å². The van der Waals surface area contributed by atoms with Crippen molar-refractivity contribution < 1.29 is 19.4 Å². The highest BCUT2D eigenvalue weighted by atomic mass is 17.0. The van der Waals surface area contributed by atoms with Crippen LogP contribution in [-0.4, -0.2) is 29.1 Å². The van der Waals surface area contributed by atoms with E-state index >= 15 is 0 Å². The summed E-state index contributed by atoms with van der Waals surface area (Å²) in [5.41, 5.74) is 0. The fourth-order valence-electron chi connectivity index (χ4n) is 3.62. The van der Waals surface area contributed by atoms with Crippen LogP contribution < -0.4 is 0 Å². The Kier molecular flexibility index (Phi) is 3.04. The van der Waals surface area contributed by atoms with Crippen molar-refractivity contribution in [3.63, 3.8) is 0 Å². The van der Waals surface area contributed by atoms with E-state index in [1.54, 1.807) is 0 Å². The van der Waals surface area contributed by atoms with Gasteiger partial charge in [0.05, 0.1) is 0 Å². The van der Waals surface area contributed by atoms with Gasteiger partial charge in [-0.3, -0.25) is 4.79 Å². The van der Waals surface area contributed by atoms with E-state index < -0.39 is 11.6 Å². The zero-order chi connectivity index (χ0) is 13.8. The van der Waals surface area contributed by atoms with Crippen molar-refractivity contribution in [3.8, 4) is 0 Å². The molecule has 0 spiro atoms. The number of epoxide rings is 2. The van der Waals surface area contributed by atoms with E-state index in [0.29, 0.717) is 11.8 Å². The Morgan fingerprint density at radius 2 is 1.89 bits per heavy atom.